The number of phenols is 1. The van der Waals surface area contributed by atoms with E-state index in [-0.39, 0.29) is 40.5 Å². The van der Waals surface area contributed by atoms with Crippen LogP contribution in [-0.2, 0) is 9.59 Å². The van der Waals surface area contributed by atoms with Gasteiger partial charge in [0, 0.05) is 24.2 Å². The largest absolute Gasteiger partial charge is 0.508 e. The summed E-state index contributed by atoms with van der Waals surface area (Å²) in [6, 6.07) is 10.6. The van der Waals surface area contributed by atoms with Crippen LogP contribution >= 0.6 is 11.6 Å². The minimum atomic E-state index is -4.30. The fourth-order valence-electron chi connectivity index (χ4n) is 3.82. The Morgan fingerprint density at radius 1 is 1.10 bits per heavy atom. The van der Waals surface area contributed by atoms with Gasteiger partial charge >= 0.3 is 12.1 Å². The fourth-order valence-corrected chi connectivity index (χ4v) is 4.19. The van der Waals surface area contributed by atoms with E-state index in [1.54, 1.807) is 6.07 Å². The average Bonchev–Trinajstić information content (AvgIpc) is 2.85. The van der Waals surface area contributed by atoms with E-state index in [9.17, 15) is 31.5 Å². The monoisotopic (exact) mass is 587 g/mol. The maximum Gasteiger partial charge on any atom is 0.389 e. The van der Waals surface area contributed by atoms with Gasteiger partial charge in [-0.3, -0.25) is 4.79 Å². The molecule has 1 aliphatic rings. The highest BCUT2D eigenvalue weighted by Gasteiger charge is 2.31. The quantitative estimate of drug-likeness (QED) is 0.318. The normalized spacial score (nSPS) is 13.5. The maximum atomic E-state index is 13.7. The van der Waals surface area contributed by atoms with Gasteiger partial charge in [-0.1, -0.05) is 36.7 Å². The Kier molecular flexibility index (Phi) is 9.46. The van der Waals surface area contributed by atoms with Gasteiger partial charge < -0.3 is 24.6 Å². The number of ether oxygens (including phenoxy) is 2. The van der Waals surface area contributed by atoms with Crippen molar-refractivity contribution in [3.63, 3.8) is 0 Å². The number of benzene rings is 3. The van der Waals surface area contributed by atoms with Crippen molar-refractivity contribution in [3.8, 4) is 28.4 Å². The summed E-state index contributed by atoms with van der Waals surface area (Å²) in [6.07, 6.45) is -5.29. The Balaban J connectivity index is 0.000000263. The number of phenolic OH excluding ortho intramolecular Hbond substituents is 1. The predicted molar refractivity (Wildman–Crippen MR) is 136 cm³/mol. The van der Waals surface area contributed by atoms with Gasteiger partial charge in [0.05, 0.1) is 12.1 Å². The second-order valence-corrected chi connectivity index (χ2v) is 9.21. The van der Waals surface area contributed by atoms with E-state index in [0.717, 1.165) is 12.1 Å². The number of nitrogens with zero attached hydrogens (tertiary/aromatic N) is 1. The number of carboxylic acid groups (broad SMARTS) is 1. The molecule has 0 saturated heterocycles. The summed E-state index contributed by atoms with van der Waals surface area (Å²) < 4.78 is 74.3. The zero-order valence-electron chi connectivity index (χ0n) is 21.1. The molecule has 1 heterocycles. The molecule has 4 rings (SSSR count). The molecule has 0 aliphatic carbocycles. The molecule has 13 heteroatoms. The molecule has 0 spiro atoms. The highest BCUT2D eigenvalue weighted by molar-refractivity contribution is 6.31. The number of carbonyl (C=O) groups is 2. The van der Waals surface area contributed by atoms with Crippen molar-refractivity contribution >= 4 is 29.2 Å². The number of carbonyl (C=O) groups excluding carboxylic acids is 1. The summed E-state index contributed by atoms with van der Waals surface area (Å²) in [6.45, 7) is 0.560. The van der Waals surface area contributed by atoms with Crippen molar-refractivity contribution in [1.82, 2.24) is 0 Å². The summed E-state index contributed by atoms with van der Waals surface area (Å²) in [4.78, 5) is 23.0. The topological polar surface area (TPSA) is 96.3 Å². The molecule has 0 unspecified atom stereocenters. The zero-order valence-corrected chi connectivity index (χ0v) is 21.8. The summed E-state index contributed by atoms with van der Waals surface area (Å²) in [5, 5.41) is 17.9. The van der Waals surface area contributed by atoms with Gasteiger partial charge in [0.15, 0.2) is 36.3 Å². The number of likely N-dealkylation sites (N-methyl/N-ethyl adjacent to an activating group) is 1. The van der Waals surface area contributed by atoms with Gasteiger partial charge in [-0.2, -0.15) is 13.2 Å². The third kappa shape index (κ3) is 7.75. The molecule has 40 heavy (non-hydrogen) atoms. The van der Waals surface area contributed by atoms with Crippen LogP contribution in [0.2, 0.25) is 5.02 Å². The van der Waals surface area contributed by atoms with E-state index in [4.69, 9.17) is 31.3 Å². The number of halogens is 6. The Labute approximate surface area is 230 Å². The molecule has 0 bridgehead atoms. The van der Waals surface area contributed by atoms with Gasteiger partial charge in [-0.25, -0.2) is 13.6 Å². The molecule has 1 amide bonds. The summed E-state index contributed by atoms with van der Waals surface area (Å²) in [7, 11) is 1.50. The number of hydrogen-bond donors (Lipinski definition) is 2. The van der Waals surface area contributed by atoms with Crippen LogP contribution < -0.4 is 14.4 Å². The lowest BCUT2D eigenvalue weighted by atomic mass is 9.95. The van der Waals surface area contributed by atoms with E-state index in [1.807, 2.05) is 0 Å². The van der Waals surface area contributed by atoms with Crippen LogP contribution in [0.4, 0.5) is 27.6 Å². The molecular weight excluding hydrogens is 565 g/mol. The minimum Gasteiger partial charge on any atom is -0.508 e. The van der Waals surface area contributed by atoms with Crippen LogP contribution in [0.3, 0.4) is 0 Å². The number of aliphatic carboxylic acids is 1. The molecule has 3 aromatic rings. The Morgan fingerprint density at radius 2 is 1.75 bits per heavy atom. The SMILES string of the molecule is CN1C(=O)COc2c(F)cc(O)cc21.C[C@H](CC(F)(F)F)c1ccc(-c2ccc(F)c(OCC(=O)O)c2)cc1Cl. The Hall–Kier alpha value is -4.06. The number of amides is 1. The molecule has 7 nitrogen and oxygen atoms in total. The van der Waals surface area contributed by atoms with Crippen LogP contribution in [0, 0.1) is 11.6 Å². The highest BCUT2D eigenvalue weighted by Crippen LogP contribution is 2.38. The molecule has 214 valence electrons. The molecule has 0 fully saturated rings. The molecule has 0 aromatic heterocycles. The number of rotatable bonds is 6. The van der Waals surface area contributed by atoms with Gasteiger partial charge in [-0.05, 0) is 40.8 Å². The molecule has 2 N–H and O–H groups in total. The van der Waals surface area contributed by atoms with Crippen molar-refractivity contribution in [3.05, 3.63) is 70.8 Å². The van der Waals surface area contributed by atoms with Crippen LogP contribution in [0.1, 0.15) is 24.8 Å². The molecule has 3 aromatic carbocycles. The van der Waals surface area contributed by atoms with Crippen molar-refractivity contribution in [2.24, 2.45) is 0 Å². The maximum absolute atomic E-state index is 13.7. The van der Waals surface area contributed by atoms with Crippen LogP contribution in [-0.4, -0.2) is 48.5 Å². The van der Waals surface area contributed by atoms with Crippen molar-refractivity contribution in [2.75, 3.05) is 25.2 Å². The van der Waals surface area contributed by atoms with Crippen molar-refractivity contribution in [2.45, 2.75) is 25.4 Å². The van der Waals surface area contributed by atoms with E-state index >= 15 is 0 Å². The molecule has 1 aliphatic heterocycles. The second-order valence-electron chi connectivity index (χ2n) is 8.80. The van der Waals surface area contributed by atoms with Gasteiger partial charge in [0.2, 0.25) is 0 Å². The lowest BCUT2D eigenvalue weighted by Gasteiger charge is -2.26. The standard InChI is InChI=1S/C18H15ClF4O3.C9H8FNO3/c1-10(8-18(21,22)23)13-4-2-11(6-14(13)19)12-3-5-15(20)16(7-12)26-9-17(24)25;1-11-7-3-5(12)2-6(10)9(7)14-4-8(11)13/h2-7,10H,8-9H2,1H3,(H,24,25);2-3,12H,4H2,1H3/t10-;/m1./s1. The number of alkyl halides is 3. The average molecular weight is 588 g/mol. The van der Waals surface area contributed by atoms with E-state index in [2.05, 4.69) is 0 Å². The number of anilines is 1. The predicted octanol–water partition coefficient (Wildman–Crippen LogP) is 6.55. The minimum absolute atomic E-state index is 0.00454. The number of carboxylic acids is 1. The third-order valence-corrected chi connectivity index (χ3v) is 6.10. The van der Waals surface area contributed by atoms with Crippen molar-refractivity contribution in [1.29, 1.82) is 0 Å². The zero-order chi connectivity index (χ0) is 29.8. The first-order valence-corrected chi connectivity index (χ1v) is 12.0. The summed E-state index contributed by atoms with van der Waals surface area (Å²) >= 11 is 6.13. The highest BCUT2D eigenvalue weighted by atomic mass is 35.5. The fraction of sp³-hybridized carbons (Fsp3) is 0.259. The number of aromatic hydroxyl groups is 1. The van der Waals surface area contributed by atoms with Crippen LogP contribution in [0.25, 0.3) is 11.1 Å². The molecule has 0 saturated carbocycles. The van der Waals surface area contributed by atoms with Gasteiger partial charge in [0.1, 0.15) is 5.75 Å². The van der Waals surface area contributed by atoms with E-state index < -0.39 is 42.7 Å². The third-order valence-electron chi connectivity index (χ3n) is 5.77. The first-order valence-electron chi connectivity index (χ1n) is 11.6. The lowest BCUT2D eigenvalue weighted by molar-refractivity contribution is -0.139. The smallest absolute Gasteiger partial charge is 0.389 e. The van der Waals surface area contributed by atoms with Crippen molar-refractivity contribution < 1.29 is 51.2 Å². The summed E-state index contributed by atoms with van der Waals surface area (Å²) in [5.41, 5.74) is 1.64. The first-order chi connectivity index (χ1) is 18.7. The lowest BCUT2D eigenvalue weighted by Crippen LogP contribution is -2.35. The summed E-state index contributed by atoms with van der Waals surface area (Å²) in [5.74, 6) is -4.19. The Bertz CT molecular complexity index is 1410. The first kappa shape index (κ1) is 30.5. The molecule has 1 atom stereocenters. The molecule has 0 radical (unpaired) electrons. The van der Waals surface area contributed by atoms with Gasteiger partial charge in [-0.15, -0.1) is 0 Å². The Morgan fingerprint density at radius 3 is 2.38 bits per heavy atom. The molecular formula is C27H23ClF5NO6. The van der Waals surface area contributed by atoms with Crippen LogP contribution in [0.5, 0.6) is 17.2 Å². The second kappa shape index (κ2) is 12.4. The van der Waals surface area contributed by atoms with E-state index in [0.29, 0.717) is 16.7 Å². The van der Waals surface area contributed by atoms with Crippen LogP contribution in [0.15, 0.2) is 48.5 Å². The number of hydrogen-bond acceptors (Lipinski definition) is 5. The van der Waals surface area contributed by atoms with Gasteiger partial charge in [0.25, 0.3) is 5.91 Å². The van der Waals surface area contributed by atoms with E-state index in [1.165, 1.54) is 49.2 Å². The number of fused-ring (bicyclic) bond motifs is 1.